The molecule has 1 aromatic heterocycles. The molecular formula is C19H22Cl2F3N3O4S2. The average molecular weight is 548 g/mol. The summed E-state index contributed by atoms with van der Waals surface area (Å²) < 4.78 is 56.4. The van der Waals surface area contributed by atoms with Crippen LogP contribution in [0.2, 0.25) is 10.0 Å². The lowest BCUT2D eigenvalue weighted by molar-refractivity contribution is -0.121. The highest BCUT2D eigenvalue weighted by Crippen LogP contribution is 2.41. The number of ether oxygens (including phenoxy) is 1. The monoisotopic (exact) mass is 547 g/mol. The van der Waals surface area contributed by atoms with Crippen molar-refractivity contribution in [3.63, 3.8) is 0 Å². The highest BCUT2D eigenvalue weighted by Gasteiger charge is 2.29. The van der Waals surface area contributed by atoms with E-state index in [1.165, 1.54) is 19.2 Å². The smallest absolute Gasteiger partial charge is 0.389 e. The van der Waals surface area contributed by atoms with Gasteiger partial charge in [-0.15, -0.1) is 11.3 Å². The van der Waals surface area contributed by atoms with Crippen molar-refractivity contribution in [2.45, 2.75) is 36.9 Å². The van der Waals surface area contributed by atoms with E-state index in [0.29, 0.717) is 29.2 Å². The van der Waals surface area contributed by atoms with Gasteiger partial charge in [0.2, 0.25) is 0 Å². The number of thiazole rings is 1. The maximum absolute atomic E-state index is 12.5. The van der Waals surface area contributed by atoms with Crippen molar-refractivity contribution >= 4 is 51.4 Å². The zero-order chi connectivity index (χ0) is 25.0. The number of hydrogen-bond donors (Lipinski definition) is 3. The van der Waals surface area contributed by atoms with E-state index in [0.717, 1.165) is 11.3 Å². The van der Waals surface area contributed by atoms with Crippen LogP contribution in [0.4, 0.5) is 13.2 Å². The van der Waals surface area contributed by atoms with Gasteiger partial charge in [0.15, 0.2) is 5.01 Å². The zero-order valence-electron chi connectivity index (χ0n) is 17.8. The topological polar surface area (TPSA) is 101 Å². The Bertz CT molecular complexity index is 1030. The summed E-state index contributed by atoms with van der Waals surface area (Å²) in [7, 11) is -0.742. The Morgan fingerprint density at radius 1 is 1.24 bits per heavy atom. The minimum Gasteiger partial charge on any atom is -0.389 e. The van der Waals surface area contributed by atoms with Crippen LogP contribution in [0, 0.1) is 0 Å². The first kappa shape index (κ1) is 28.0. The third kappa shape index (κ3) is 8.16. The molecule has 14 heteroatoms. The SMILES string of the molecule is COCCc1nc(C(=O)NCC(C)(C)O)sc1-c1ccc(S(=O)NCC(F)(F)F)c(Cl)c1Cl. The fraction of sp³-hybridized carbons (Fsp3) is 0.474. The van der Waals surface area contributed by atoms with Crippen LogP contribution in [0.3, 0.4) is 0 Å². The van der Waals surface area contributed by atoms with Crippen LogP contribution < -0.4 is 10.0 Å². The van der Waals surface area contributed by atoms with Gasteiger partial charge >= 0.3 is 6.18 Å². The third-order valence-corrected chi connectivity index (χ3v) is 7.28. The molecular weight excluding hydrogens is 526 g/mol. The summed E-state index contributed by atoms with van der Waals surface area (Å²) in [6.45, 7) is 1.93. The van der Waals surface area contributed by atoms with Crippen LogP contribution in [0.1, 0.15) is 29.3 Å². The number of carbonyl (C=O) groups is 1. The lowest BCUT2D eigenvalue weighted by Gasteiger charge is -2.16. The van der Waals surface area contributed by atoms with Crippen LogP contribution in [-0.2, 0) is 22.1 Å². The molecule has 0 aliphatic carbocycles. The Labute approximate surface area is 205 Å². The van der Waals surface area contributed by atoms with Gasteiger partial charge in [-0.05, 0) is 19.9 Å². The van der Waals surface area contributed by atoms with E-state index < -0.39 is 35.2 Å². The number of halogens is 5. The van der Waals surface area contributed by atoms with Crippen molar-refractivity contribution in [2.24, 2.45) is 0 Å². The summed E-state index contributed by atoms with van der Waals surface area (Å²) in [6, 6.07) is 2.76. The van der Waals surface area contributed by atoms with E-state index in [2.05, 4.69) is 10.3 Å². The number of benzene rings is 1. The molecule has 7 nitrogen and oxygen atoms in total. The van der Waals surface area contributed by atoms with Gasteiger partial charge in [-0.1, -0.05) is 29.3 Å². The number of nitrogens with one attached hydrogen (secondary N) is 2. The highest BCUT2D eigenvalue weighted by molar-refractivity contribution is 7.83. The van der Waals surface area contributed by atoms with Gasteiger partial charge in [-0.25, -0.2) is 13.9 Å². The van der Waals surface area contributed by atoms with Gasteiger partial charge in [0.05, 0.1) is 37.7 Å². The second-order valence-electron chi connectivity index (χ2n) is 7.48. The van der Waals surface area contributed by atoms with Crippen molar-refractivity contribution in [2.75, 3.05) is 26.8 Å². The lowest BCUT2D eigenvalue weighted by Crippen LogP contribution is -2.38. The summed E-state index contributed by atoms with van der Waals surface area (Å²) in [5, 5.41) is 12.3. The molecule has 0 bridgehead atoms. The lowest BCUT2D eigenvalue weighted by atomic mass is 10.1. The maximum atomic E-state index is 12.5. The predicted octanol–water partition coefficient (Wildman–Crippen LogP) is 3.98. The number of carbonyl (C=O) groups excluding carboxylic acids is 1. The summed E-state index contributed by atoms with van der Waals surface area (Å²) in [5.41, 5.74) is -0.238. The second kappa shape index (κ2) is 11.4. The average Bonchev–Trinajstić information content (AvgIpc) is 3.13. The Balaban J connectivity index is 2.39. The first-order chi connectivity index (χ1) is 15.2. The van der Waals surface area contributed by atoms with E-state index >= 15 is 0 Å². The number of aliphatic hydroxyl groups is 1. The number of amides is 1. The molecule has 0 fully saturated rings. The molecule has 0 saturated carbocycles. The van der Waals surface area contributed by atoms with Crippen LogP contribution >= 0.6 is 34.5 Å². The number of rotatable bonds is 10. The molecule has 1 unspecified atom stereocenters. The normalized spacial score (nSPS) is 13.2. The van der Waals surface area contributed by atoms with E-state index in [4.69, 9.17) is 27.9 Å². The predicted molar refractivity (Wildman–Crippen MR) is 122 cm³/mol. The molecule has 1 amide bonds. The molecule has 33 heavy (non-hydrogen) atoms. The molecule has 2 rings (SSSR count). The van der Waals surface area contributed by atoms with Crippen LogP contribution in [-0.4, -0.2) is 58.8 Å². The number of nitrogens with zero attached hydrogens (tertiary/aromatic N) is 1. The van der Waals surface area contributed by atoms with Gasteiger partial charge in [0.1, 0.15) is 17.5 Å². The molecule has 184 valence electrons. The zero-order valence-corrected chi connectivity index (χ0v) is 21.0. The van der Waals surface area contributed by atoms with Crippen molar-refractivity contribution in [3.8, 4) is 10.4 Å². The summed E-state index contributed by atoms with van der Waals surface area (Å²) in [6.07, 6.45) is -4.21. The molecule has 1 atom stereocenters. The van der Waals surface area contributed by atoms with Crippen molar-refractivity contribution in [1.29, 1.82) is 0 Å². The Hall–Kier alpha value is -1.28. The summed E-state index contributed by atoms with van der Waals surface area (Å²) in [4.78, 5) is 17.3. The van der Waals surface area contributed by atoms with Gasteiger partial charge in [-0.2, -0.15) is 13.2 Å². The fourth-order valence-electron chi connectivity index (χ4n) is 2.48. The van der Waals surface area contributed by atoms with Gasteiger partial charge < -0.3 is 15.2 Å². The number of alkyl halides is 3. The molecule has 0 spiro atoms. The van der Waals surface area contributed by atoms with Crippen molar-refractivity contribution in [3.05, 3.63) is 32.9 Å². The molecule has 1 heterocycles. The first-order valence-electron chi connectivity index (χ1n) is 9.43. The highest BCUT2D eigenvalue weighted by atomic mass is 35.5. The van der Waals surface area contributed by atoms with Gasteiger partial charge in [0, 0.05) is 25.6 Å². The minimum absolute atomic E-state index is 0.00612. The molecule has 0 aliphatic rings. The molecule has 0 radical (unpaired) electrons. The van der Waals surface area contributed by atoms with Gasteiger partial charge in [-0.3, -0.25) is 4.79 Å². The summed E-state index contributed by atoms with van der Waals surface area (Å²) in [5.74, 6) is -0.497. The Kier molecular flexibility index (Phi) is 9.69. The number of hydrogen-bond acceptors (Lipinski definition) is 6. The van der Waals surface area contributed by atoms with Crippen LogP contribution in [0.25, 0.3) is 10.4 Å². The van der Waals surface area contributed by atoms with Crippen LogP contribution in [0.15, 0.2) is 17.0 Å². The maximum Gasteiger partial charge on any atom is 0.402 e. The van der Waals surface area contributed by atoms with E-state index in [1.54, 1.807) is 13.8 Å². The third-order valence-electron chi connectivity index (χ3n) is 4.01. The molecule has 0 aliphatic heterocycles. The minimum atomic E-state index is -4.55. The molecule has 3 N–H and O–H groups in total. The van der Waals surface area contributed by atoms with E-state index in [9.17, 15) is 27.3 Å². The van der Waals surface area contributed by atoms with E-state index in [1.807, 2.05) is 4.72 Å². The van der Waals surface area contributed by atoms with E-state index in [-0.39, 0.29) is 26.5 Å². The number of aromatic nitrogens is 1. The van der Waals surface area contributed by atoms with Crippen molar-refractivity contribution in [1.82, 2.24) is 15.0 Å². The van der Waals surface area contributed by atoms with Crippen molar-refractivity contribution < 1.29 is 32.0 Å². The number of methoxy groups -OCH3 is 1. The molecule has 2 aromatic rings. The largest absolute Gasteiger partial charge is 0.402 e. The van der Waals surface area contributed by atoms with Crippen LogP contribution in [0.5, 0.6) is 0 Å². The quantitative estimate of drug-likeness (QED) is 0.417. The van der Waals surface area contributed by atoms with Gasteiger partial charge in [0.25, 0.3) is 5.91 Å². The fourth-order valence-corrected chi connectivity index (χ4v) is 5.19. The Morgan fingerprint density at radius 2 is 1.91 bits per heavy atom. The molecule has 1 aromatic carbocycles. The molecule has 0 saturated heterocycles. The second-order valence-corrected chi connectivity index (χ2v) is 10.5. The standard InChI is InChI=1S/C19H22Cl2F3N3O4S2/c1-18(2,29)8-25-16(28)17-27-11(6-7-31-3)15(32-17)10-4-5-12(14(21)13(10)20)33(30)26-9-19(22,23)24/h4-5,26,29H,6-9H2,1-3H3,(H,25,28). The summed E-state index contributed by atoms with van der Waals surface area (Å²) >= 11 is 13.6. The first-order valence-corrected chi connectivity index (χ1v) is 12.2. The Morgan fingerprint density at radius 3 is 2.48 bits per heavy atom.